The van der Waals surface area contributed by atoms with E-state index in [9.17, 15) is 13.2 Å². The molecule has 0 bridgehead atoms. The molecule has 2 aromatic rings. The summed E-state index contributed by atoms with van der Waals surface area (Å²) in [5.41, 5.74) is 1.97. The second kappa shape index (κ2) is 5.30. The highest BCUT2D eigenvalue weighted by molar-refractivity contribution is 6.29. The van der Waals surface area contributed by atoms with Crippen LogP contribution in [0.1, 0.15) is 36.6 Å². The maximum atomic E-state index is 12.8. The minimum absolute atomic E-state index is 0.198. The fourth-order valence-electron chi connectivity index (χ4n) is 2.39. The van der Waals surface area contributed by atoms with Crippen molar-refractivity contribution in [2.45, 2.75) is 31.4 Å². The van der Waals surface area contributed by atoms with Crippen LogP contribution in [0.2, 0.25) is 5.15 Å². The number of rotatable bonds is 2. The molecule has 0 unspecified atom stereocenters. The lowest BCUT2D eigenvalue weighted by molar-refractivity contribution is -0.144. The Morgan fingerprint density at radius 2 is 1.86 bits per heavy atom. The second-order valence-electron chi connectivity index (χ2n) is 5.15. The lowest BCUT2D eigenvalue weighted by atomic mass is 9.79. The van der Waals surface area contributed by atoms with Crippen LogP contribution in [0.4, 0.5) is 13.2 Å². The molecule has 1 fully saturated rings. The van der Waals surface area contributed by atoms with Crippen LogP contribution in [0.15, 0.2) is 30.3 Å². The summed E-state index contributed by atoms with van der Waals surface area (Å²) < 4.78 is 38.3. The van der Waals surface area contributed by atoms with E-state index in [1.54, 1.807) is 6.07 Å². The molecule has 0 radical (unpaired) electrons. The van der Waals surface area contributed by atoms with Gasteiger partial charge in [0.05, 0.1) is 5.69 Å². The van der Waals surface area contributed by atoms with Crippen molar-refractivity contribution in [1.82, 2.24) is 9.97 Å². The highest BCUT2D eigenvalue weighted by Crippen LogP contribution is 2.38. The first-order valence-corrected chi connectivity index (χ1v) is 7.03. The SMILES string of the molecule is FC(F)(F)c1nc(Cl)cc(-c2cccc(C3CCC3)c2)n1. The van der Waals surface area contributed by atoms with E-state index in [-0.39, 0.29) is 10.8 Å². The zero-order valence-electron chi connectivity index (χ0n) is 11.0. The van der Waals surface area contributed by atoms with Gasteiger partial charge in [0.2, 0.25) is 5.82 Å². The summed E-state index contributed by atoms with van der Waals surface area (Å²) in [4.78, 5) is 6.84. The number of benzene rings is 1. The van der Waals surface area contributed by atoms with Crippen molar-refractivity contribution in [3.05, 3.63) is 46.9 Å². The molecule has 0 atom stereocenters. The Morgan fingerprint density at radius 1 is 1.10 bits per heavy atom. The standard InChI is InChI=1S/C15H12ClF3N2/c16-13-8-12(20-14(21-13)15(17,18)19)11-6-2-5-10(7-11)9-3-1-4-9/h2,5-9H,1,3-4H2. The molecule has 3 rings (SSSR count). The van der Waals surface area contributed by atoms with Gasteiger partial charge >= 0.3 is 6.18 Å². The smallest absolute Gasteiger partial charge is 0.224 e. The van der Waals surface area contributed by atoms with E-state index >= 15 is 0 Å². The molecule has 1 aromatic carbocycles. The molecule has 1 aliphatic rings. The van der Waals surface area contributed by atoms with E-state index < -0.39 is 12.0 Å². The molecule has 0 N–H and O–H groups in total. The van der Waals surface area contributed by atoms with E-state index in [4.69, 9.17) is 11.6 Å². The van der Waals surface area contributed by atoms with Gasteiger partial charge in [-0.15, -0.1) is 0 Å². The van der Waals surface area contributed by atoms with E-state index in [0.29, 0.717) is 11.5 Å². The lowest BCUT2D eigenvalue weighted by Gasteiger charge is -2.26. The zero-order chi connectivity index (χ0) is 15.0. The van der Waals surface area contributed by atoms with Crippen LogP contribution < -0.4 is 0 Å². The maximum Gasteiger partial charge on any atom is 0.451 e. The molecule has 0 saturated heterocycles. The van der Waals surface area contributed by atoms with E-state index in [1.807, 2.05) is 18.2 Å². The Hall–Kier alpha value is -1.62. The average Bonchev–Trinajstić information content (AvgIpc) is 2.35. The van der Waals surface area contributed by atoms with Gasteiger partial charge < -0.3 is 0 Å². The molecule has 0 aliphatic heterocycles. The third-order valence-electron chi connectivity index (χ3n) is 3.71. The first-order valence-electron chi connectivity index (χ1n) is 6.65. The fraction of sp³-hybridized carbons (Fsp3) is 0.333. The number of nitrogens with zero attached hydrogens (tertiary/aromatic N) is 2. The fourth-order valence-corrected chi connectivity index (χ4v) is 2.57. The molecule has 21 heavy (non-hydrogen) atoms. The molecule has 110 valence electrons. The highest BCUT2D eigenvalue weighted by Gasteiger charge is 2.35. The summed E-state index contributed by atoms with van der Waals surface area (Å²) in [6, 6.07) is 8.83. The zero-order valence-corrected chi connectivity index (χ0v) is 11.7. The van der Waals surface area contributed by atoms with Gasteiger partial charge in [0.15, 0.2) is 0 Å². The van der Waals surface area contributed by atoms with Gasteiger partial charge in [-0.05, 0) is 30.4 Å². The van der Waals surface area contributed by atoms with Crippen molar-refractivity contribution >= 4 is 11.6 Å². The van der Waals surface area contributed by atoms with Crippen LogP contribution in [-0.2, 0) is 6.18 Å². The molecule has 0 amide bonds. The Bertz CT molecular complexity index is 666. The van der Waals surface area contributed by atoms with Gasteiger partial charge in [0.1, 0.15) is 5.15 Å². The van der Waals surface area contributed by atoms with Gasteiger partial charge in [-0.25, -0.2) is 9.97 Å². The van der Waals surface area contributed by atoms with Crippen LogP contribution >= 0.6 is 11.6 Å². The second-order valence-corrected chi connectivity index (χ2v) is 5.54. The lowest BCUT2D eigenvalue weighted by Crippen LogP contribution is -2.12. The summed E-state index contributed by atoms with van der Waals surface area (Å²) in [5.74, 6) is -0.705. The van der Waals surface area contributed by atoms with Gasteiger partial charge in [0.25, 0.3) is 0 Å². The Morgan fingerprint density at radius 3 is 2.48 bits per heavy atom. The van der Waals surface area contributed by atoms with Crippen molar-refractivity contribution in [3.63, 3.8) is 0 Å². The summed E-state index contributed by atoms with van der Waals surface area (Å²) in [6.07, 6.45) is -1.15. The predicted molar refractivity (Wildman–Crippen MR) is 74.1 cm³/mol. The number of alkyl halides is 3. The molecule has 1 heterocycles. The van der Waals surface area contributed by atoms with Crippen LogP contribution in [0.25, 0.3) is 11.3 Å². The number of hydrogen-bond donors (Lipinski definition) is 0. The molecule has 6 heteroatoms. The molecule has 1 saturated carbocycles. The number of aromatic nitrogens is 2. The third-order valence-corrected chi connectivity index (χ3v) is 3.90. The van der Waals surface area contributed by atoms with Gasteiger partial charge in [-0.3, -0.25) is 0 Å². The molecular weight excluding hydrogens is 301 g/mol. The van der Waals surface area contributed by atoms with E-state index in [0.717, 1.165) is 18.4 Å². The van der Waals surface area contributed by atoms with Crippen molar-refractivity contribution in [2.75, 3.05) is 0 Å². The van der Waals surface area contributed by atoms with Crippen molar-refractivity contribution in [1.29, 1.82) is 0 Å². The van der Waals surface area contributed by atoms with Crippen molar-refractivity contribution in [3.8, 4) is 11.3 Å². The van der Waals surface area contributed by atoms with Crippen LogP contribution in [0.5, 0.6) is 0 Å². The monoisotopic (exact) mass is 312 g/mol. The van der Waals surface area contributed by atoms with Gasteiger partial charge in [0, 0.05) is 11.6 Å². The summed E-state index contributed by atoms with van der Waals surface area (Å²) >= 11 is 5.70. The quantitative estimate of drug-likeness (QED) is 0.722. The first kappa shape index (κ1) is 14.3. The summed E-state index contributed by atoms with van der Waals surface area (Å²) in [7, 11) is 0. The van der Waals surface area contributed by atoms with Crippen molar-refractivity contribution in [2.24, 2.45) is 0 Å². The Labute approximate surface area is 125 Å². The third kappa shape index (κ3) is 3.02. The van der Waals surface area contributed by atoms with Crippen LogP contribution in [-0.4, -0.2) is 9.97 Å². The van der Waals surface area contributed by atoms with Crippen molar-refractivity contribution < 1.29 is 13.2 Å². The van der Waals surface area contributed by atoms with Crippen LogP contribution in [0, 0.1) is 0 Å². The molecule has 1 aliphatic carbocycles. The molecule has 0 spiro atoms. The molecule has 1 aromatic heterocycles. The van der Waals surface area contributed by atoms with E-state index in [2.05, 4.69) is 9.97 Å². The number of halogens is 4. The topological polar surface area (TPSA) is 25.8 Å². The average molecular weight is 313 g/mol. The predicted octanol–water partition coefficient (Wildman–Crippen LogP) is 5.08. The molecular formula is C15H12ClF3N2. The van der Waals surface area contributed by atoms with E-state index in [1.165, 1.54) is 12.5 Å². The largest absolute Gasteiger partial charge is 0.451 e. The first-order chi connectivity index (χ1) is 9.93. The summed E-state index contributed by atoms with van der Waals surface area (Å²) in [5, 5.41) is -0.207. The number of hydrogen-bond acceptors (Lipinski definition) is 2. The highest BCUT2D eigenvalue weighted by atomic mass is 35.5. The normalized spacial score (nSPS) is 15.8. The van der Waals surface area contributed by atoms with Gasteiger partial charge in [-0.2, -0.15) is 13.2 Å². The summed E-state index contributed by atoms with van der Waals surface area (Å²) in [6.45, 7) is 0. The Kier molecular flexibility index (Phi) is 3.61. The van der Waals surface area contributed by atoms with Crippen LogP contribution in [0.3, 0.4) is 0 Å². The Balaban J connectivity index is 2.01. The molecule has 2 nitrogen and oxygen atoms in total. The maximum absolute atomic E-state index is 12.8. The van der Waals surface area contributed by atoms with Gasteiger partial charge in [-0.1, -0.05) is 36.2 Å². The minimum Gasteiger partial charge on any atom is -0.224 e. The minimum atomic E-state index is -4.61.